The van der Waals surface area contributed by atoms with Crippen LogP contribution in [0, 0.1) is 5.82 Å². The summed E-state index contributed by atoms with van der Waals surface area (Å²) in [6.45, 7) is 0. The molecule has 0 aliphatic heterocycles. The van der Waals surface area contributed by atoms with Crippen LogP contribution in [0.25, 0.3) is 0 Å². The van der Waals surface area contributed by atoms with Crippen molar-refractivity contribution in [3.8, 4) is 0 Å². The molecule has 0 amide bonds. The van der Waals surface area contributed by atoms with Gasteiger partial charge in [0.25, 0.3) is 0 Å². The van der Waals surface area contributed by atoms with Gasteiger partial charge in [-0.3, -0.25) is 0 Å². The van der Waals surface area contributed by atoms with Gasteiger partial charge in [-0.1, -0.05) is 17.7 Å². The highest BCUT2D eigenvalue weighted by Gasteiger charge is 2.19. The zero-order valence-corrected chi connectivity index (χ0v) is 12.2. The van der Waals surface area contributed by atoms with E-state index in [4.69, 9.17) is 16.7 Å². The molecule has 0 heterocycles. The van der Waals surface area contributed by atoms with Gasteiger partial charge in [-0.05, 0) is 42.0 Å². The van der Waals surface area contributed by atoms with Gasteiger partial charge in [0.15, 0.2) is 9.84 Å². The van der Waals surface area contributed by atoms with Gasteiger partial charge in [-0.25, -0.2) is 17.6 Å². The summed E-state index contributed by atoms with van der Waals surface area (Å²) in [6.07, 6.45) is 0. The summed E-state index contributed by atoms with van der Waals surface area (Å²) in [7, 11) is -3.82. The summed E-state index contributed by atoms with van der Waals surface area (Å²) < 4.78 is 37.7. The van der Waals surface area contributed by atoms with Crippen LogP contribution in [0.15, 0.2) is 47.4 Å². The molecule has 21 heavy (non-hydrogen) atoms. The zero-order valence-electron chi connectivity index (χ0n) is 10.6. The maximum atomic E-state index is 13.2. The summed E-state index contributed by atoms with van der Waals surface area (Å²) >= 11 is 5.85. The Kier molecular flexibility index (Phi) is 4.29. The minimum absolute atomic E-state index is 0.123. The van der Waals surface area contributed by atoms with Crippen LogP contribution in [0.5, 0.6) is 0 Å². The second-order valence-corrected chi connectivity index (χ2v) is 6.72. The topological polar surface area (TPSA) is 71.4 Å². The standard InChI is InChI=1S/C14H10ClFO4S/c15-13-5-4-11(16)6-10(13)8-21(19,20)12-3-1-2-9(7-12)14(17)18/h1-7H,8H2,(H,17,18). The molecule has 0 unspecified atom stereocenters. The number of carboxylic acids is 1. The lowest BCUT2D eigenvalue weighted by atomic mass is 10.2. The molecule has 0 aliphatic rings. The molecule has 4 nitrogen and oxygen atoms in total. The Hall–Kier alpha value is -1.92. The Bertz CT molecular complexity index is 802. The van der Waals surface area contributed by atoms with Gasteiger partial charge in [0.1, 0.15) is 5.82 Å². The minimum atomic E-state index is -3.82. The Morgan fingerprint density at radius 2 is 1.90 bits per heavy atom. The molecule has 0 fully saturated rings. The molecule has 0 saturated carbocycles. The second kappa shape index (κ2) is 5.83. The highest BCUT2D eigenvalue weighted by atomic mass is 35.5. The number of sulfone groups is 1. The van der Waals surface area contributed by atoms with Gasteiger partial charge in [0, 0.05) is 5.02 Å². The van der Waals surface area contributed by atoms with Crippen molar-refractivity contribution in [2.75, 3.05) is 0 Å². The molecule has 2 rings (SSSR count). The molecular formula is C14H10ClFO4S. The first-order valence-corrected chi connectivity index (χ1v) is 7.83. The lowest BCUT2D eigenvalue weighted by molar-refractivity contribution is 0.0696. The Morgan fingerprint density at radius 3 is 2.57 bits per heavy atom. The smallest absolute Gasteiger partial charge is 0.335 e. The number of hydrogen-bond donors (Lipinski definition) is 1. The molecule has 0 spiro atoms. The summed E-state index contributed by atoms with van der Waals surface area (Å²) in [5.74, 6) is -2.33. The van der Waals surface area contributed by atoms with Gasteiger partial charge in [0.2, 0.25) is 0 Å². The van der Waals surface area contributed by atoms with Gasteiger partial charge in [-0.2, -0.15) is 0 Å². The number of hydrogen-bond acceptors (Lipinski definition) is 3. The Labute approximate surface area is 125 Å². The lowest BCUT2D eigenvalue weighted by Crippen LogP contribution is -2.07. The quantitative estimate of drug-likeness (QED) is 0.935. The predicted octanol–water partition coefficient (Wildman–Crippen LogP) is 3.15. The van der Waals surface area contributed by atoms with E-state index in [1.807, 2.05) is 0 Å². The average Bonchev–Trinajstić information content (AvgIpc) is 2.43. The van der Waals surface area contributed by atoms with E-state index < -0.39 is 27.4 Å². The predicted molar refractivity (Wildman–Crippen MR) is 75.7 cm³/mol. The molecule has 0 aliphatic carbocycles. The highest BCUT2D eigenvalue weighted by molar-refractivity contribution is 7.90. The maximum Gasteiger partial charge on any atom is 0.335 e. The molecule has 0 atom stereocenters. The Balaban J connectivity index is 2.41. The normalized spacial score (nSPS) is 11.3. The summed E-state index contributed by atoms with van der Waals surface area (Å²) in [4.78, 5) is 10.7. The number of rotatable bonds is 4. The van der Waals surface area contributed by atoms with Gasteiger partial charge < -0.3 is 5.11 Å². The maximum absolute atomic E-state index is 13.2. The zero-order chi connectivity index (χ0) is 15.6. The van der Waals surface area contributed by atoms with Crippen LogP contribution in [-0.4, -0.2) is 19.5 Å². The summed E-state index contributed by atoms with van der Waals surface area (Å²) in [5.41, 5.74) is -0.0150. The van der Waals surface area contributed by atoms with E-state index in [0.29, 0.717) is 0 Å². The van der Waals surface area contributed by atoms with Crippen molar-refractivity contribution in [3.63, 3.8) is 0 Å². The Morgan fingerprint density at radius 1 is 1.19 bits per heavy atom. The van der Waals surface area contributed by atoms with Crippen molar-refractivity contribution >= 4 is 27.4 Å². The van der Waals surface area contributed by atoms with Crippen LogP contribution in [0.3, 0.4) is 0 Å². The number of aromatic carboxylic acids is 1. The largest absolute Gasteiger partial charge is 0.478 e. The van der Waals surface area contributed by atoms with Crippen LogP contribution in [0.1, 0.15) is 15.9 Å². The molecule has 2 aromatic carbocycles. The number of benzene rings is 2. The fraction of sp³-hybridized carbons (Fsp3) is 0.0714. The fourth-order valence-electron chi connectivity index (χ4n) is 1.76. The molecular weight excluding hydrogens is 319 g/mol. The van der Waals surface area contributed by atoms with E-state index in [0.717, 1.165) is 18.2 Å². The van der Waals surface area contributed by atoms with Crippen LogP contribution in [0.2, 0.25) is 5.02 Å². The van der Waals surface area contributed by atoms with Gasteiger partial charge >= 0.3 is 5.97 Å². The van der Waals surface area contributed by atoms with Crippen molar-refractivity contribution < 1.29 is 22.7 Å². The SMILES string of the molecule is O=C(O)c1cccc(S(=O)(=O)Cc2cc(F)ccc2Cl)c1. The van der Waals surface area contributed by atoms with Crippen LogP contribution < -0.4 is 0 Å². The summed E-state index contributed by atoms with van der Waals surface area (Å²) in [5, 5.41) is 9.01. The van der Waals surface area contributed by atoms with Crippen LogP contribution in [0.4, 0.5) is 4.39 Å². The van der Waals surface area contributed by atoms with Gasteiger partial charge in [0.05, 0.1) is 16.2 Å². The van der Waals surface area contributed by atoms with E-state index >= 15 is 0 Å². The number of halogens is 2. The van der Waals surface area contributed by atoms with Crippen molar-refractivity contribution in [1.29, 1.82) is 0 Å². The number of carboxylic acid groups (broad SMARTS) is 1. The van der Waals surface area contributed by atoms with Crippen molar-refractivity contribution in [2.24, 2.45) is 0 Å². The highest BCUT2D eigenvalue weighted by Crippen LogP contribution is 2.23. The van der Waals surface area contributed by atoms with Crippen molar-refractivity contribution in [1.82, 2.24) is 0 Å². The minimum Gasteiger partial charge on any atom is -0.478 e. The molecule has 2 aromatic rings. The second-order valence-electron chi connectivity index (χ2n) is 4.33. The van der Waals surface area contributed by atoms with E-state index in [9.17, 15) is 17.6 Å². The van der Waals surface area contributed by atoms with Crippen LogP contribution >= 0.6 is 11.6 Å². The first-order valence-electron chi connectivity index (χ1n) is 5.79. The van der Waals surface area contributed by atoms with E-state index in [1.54, 1.807) is 0 Å². The van der Waals surface area contributed by atoms with Crippen LogP contribution in [-0.2, 0) is 15.6 Å². The fourth-order valence-corrected chi connectivity index (χ4v) is 3.44. The molecule has 1 N–H and O–H groups in total. The molecule has 0 saturated heterocycles. The van der Waals surface area contributed by atoms with E-state index in [2.05, 4.69) is 0 Å². The van der Waals surface area contributed by atoms with Crippen molar-refractivity contribution in [3.05, 3.63) is 64.4 Å². The first-order chi connectivity index (χ1) is 9.79. The number of carbonyl (C=O) groups is 1. The molecule has 7 heteroatoms. The molecule has 0 bridgehead atoms. The van der Waals surface area contributed by atoms with Crippen molar-refractivity contribution in [2.45, 2.75) is 10.6 Å². The van der Waals surface area contributed by atoms with E-state index in [-0.39, 0.29) is 21.0 Å². The monoisotopic (exact) mass is 328 g/mol. The molecule has 0 radical (unpaired) electrons. The third kappa shape index (κ3) is 3.59. The molecule has 110 valence electrons. The van der Waals surface area contributed by atoms with Gasteiger partial charge in [-0.15, -0.1) is 0 Å². The molecule has 0 aromatic heterocycles. The lowest BCUT2D eigenvalue weighted by Gasteiger charge is -2.07. The van der Waals surface area contributed by atoms with E-state index in [1.165, 1.54) is 24.3 Å². The average molecular weight is 329 g/mol. The first kappa shape index (κ1) is 15.5. The summed E-state index contributed by atoms with van der Waals surface area (Å²) in [6, 6.07) is 8.42. The third-order valence-electron chi connectivity index (χ3n) is 2.79. The third-order valence-corrected chi connectivity index (χ3v) is 4.83.